The summed E-state index contributed by atoms with van der Waals surface area (Å²) in [6.07, 6.45) is 12.9. The number of benzene rings is 3. The number of hydrogen-bond donors (Lipinski definition) is 0. The summed E-state index contributed by atoms with van der Waals surface area (Å²) < 4.78 is 9.50. The van der Waals surface area contributed by atoms with Crippen LogP contribution in [0.5, 0.6) is 0 Å². The molecule has 7 rings (SSSR count). The first-order chi connectivity index (χ1) is 22.7. The third kappa shape index (κ3) is 5.80. The Hall–Kier alpha value is -3.12. The van der Waals surface area contributed by atoms with Crippen molar-refractivity contribution in [1.82, 2.24) is 8.75 Å². The molecule has 236 valence electrons. The van der Waals surface area contributed by atoms with E-state index in [1.54, 1.807) is 22.5 Å². The smallest absolute Gasteiger partial charge is 0.114 e. The van der Waals surface area contributed by atoms with Crippen molar-refractivity contribution < 1.29 is 0 Å². The van der Waals surface area contributed by atoms with Crippen molar-refractivity contribution >= 4 is 45.4 Å². The molecule has 0 bridgehead atoms. The van der Waals surface area contributed by atoms with E-state index < -0.39 is 0 Å². The number of aromatic nitrogens is 2. The predicted molar refractivity (Wildman–Crippen MR) is 202 cm³/mol. The van der Waals surface area contributed by atoms with Crippen molar-refractivity contribution in [3.05, 3.63) is 95.4 Å². The molecule has 2 unspecified atom stereocenters. The second-order valence-corrected chi connectivity index (χ2v) is 15.6. The third-order valence-electron chi connectivity index (χ3n) is 10.3. The summed E-state index contributed by atoms with van der Waals surface area (Å²) in [5, 5.41) is 2.13. The van der Waals surface area contributed by atoms with Gasteiger partial charge in [-0.3, -0.25) is 0 Å². The van der Waals surface area contributed by atoms with Gasteiger partial charge in [-0.15, -0.1) is 22.7 Å². The SMILES string of the molecule is CCCCCCC1(CC(CC)CCCC)c2ccccc2-c2ccc(-c3ccc(-c4ccc(-c5cccs5)c5nsnc45)s3)cc21. The lowest BCUT2D eigenvalue weighted by Gasteiger charge is -2.36. The number of nitrogens with zero attached hydrogens (tertiary/aromatic N) is 2. The quantitative estimate of drug-likeness (QED) is 0.109. The van der Waals surface area contributed by atoms with Crippen LogP contribution in [0, 0.1) is 5.92 Å². The zero-order valence-corrected chi connectivity index (χ0v) is 29.8. The van der Waals surface area contributed by atoms with E-state index in [0.717, 1.165) is 17.0 Å². The number of thiophene rings is 2. The fraction of sp³-hybridized carbons (Fsp3) is 0.366. The Kier molecular flexibility index (Phi) is 9.53. The summed E-state index contributed by atoms with van der Waals surface area (Å²) in [6, 6.07) is 30.1. The average Bonchev–Trinajstić information content (AvgIpc) is 3.92. The molecule has 46 heavy (non-hydrogen) atoms. The third-order valence-corrected chi connectivity index (χ3v) is 12.9. The molecule has 0 saturated carbocycles. The van der Waals surface area contributed by atoms with Crippen molar-refractivity contribution in [2.24, 2.45) is 5.92 Å². The van der Waals surface area contributed by atoms with E-state index in [0.29, 0.717) is 0 Å². The second-order valence-electron chi connectivity index (χ2n) is 13.1. The van der Waals surface area contributed by atoms with Gasteiger partial charge >= 0.3 is 0 Å². The van der Waals surface area contributed by atoms with Crippen LogP contribution in [0.25, 0.3) is 53.5 Å². The van der Waals surface area contributed by atoms with Gasteiger partial charge in [-0.1, -0.05) is 127 Å². The molecule has 0 N–H and O–H groups in total. The Bertz CT molecular complexity index is 1910. The van der Waals surface area contributed by atoms with Crippen LogP contribution in [0.15, 0.2) is 84.2 Å². The van der Waals surface area contributed by atoms with E-state index >= 15 is 0 Å². The van der Waals surface area contributed by atoms with Crippen molar-refractivity contribution in [1.29, 1.82) is 0 Å². The molecule has 0 saturated heterocycles. The highest BCUT2D eigenvalue weighted by Crippen LogP contribution is 2.56. The molecule has 3 aromatic heterocycles. The lowest BCUT2D eigenvalue weighted by atomic mass is 9.67. The average molecular weight is 661 g/mol. The summed E-state index contributed by atoms with van der Waals surface area (Å²) >= 11 is 4.95. The maximum absolute atomic E-state index is 4.78. The number of unbranched alkanes of at least 4 members (excludes halogenated alkanes) is 4. The van der Waals surface area contributed by atoms with E-state index in [1.807, 2.05) is 11.3 Å². The van der Waals surface area contributed by atoms with Gasteiger partial charge in [0.1, 0.15) is 11.0 Å². The fourth-order valence-corrected chi connectivity index (χ4v) is 10.2. The van der Waals surface area contributed by atoms with Crippen LogP contribution in [-0.4, -0.2) is 8.75 Å². The molecule has 5 heteroatoms. The van der Waals surface area contributed by atoms with Crippen molar-refractivity contribution in [2.45, 2.75) is 90.4 Å². The lowest BCUT2D eigenvalue weighted by molar-refractivity contribution is 0.311. The van der Waals surface area contributed by atoms with E-state index in [4.69, 9.17) is 8.75 Å². The second kappa shape index (κ2) is 13.9. The maximum atomic E-state index is 4.78. The Balaban J connectivity index is 1.29. The Labute approximate surface area is 286 Å². The normalized spacial score (nSPS) is 16.2. The van der Waals surface area contributed by atoms with Crippen LogP contribution in [0.3, 0.4) is 0 Å². The first-order valence-corrected chi connectivity index (χ1v) is 19.7. The first kappa shape index (κ1) is 31.5. The van der Waals surface area contributed by atoms with E-state index in [9.17, 15) is 0 Å². The minimum atomic E-state index is 0.0836. The summed E-state index contributed by atoms with van der Waals surface area (Å²) in [6.45, 7) is 7.07. The molecule has 2 nitrogen and oxygen atoms in total. The highest BCUT2D eigenvalue weighted by Gasteiger charge is 2.43. The van der Waals surface area contributed by atoms with E-state index in [-0.39, 0.29) is 5.41 Å². The summed E-state index contributed by atoms with van der Waals surface area (Å²) in [5.74, 6) is 0.744. The molecule has 6 aromatic rings. The number of fused-ring (bicyclic) bond motifs is 4. The fourth-order valence-electron chi connectivity index (χ4n) is 7.82. The lowest BCUT2D eigenvalue weighted by Crippen LogP contribution is -2.29. The zero-order valence-electron chi connectivity index (χ0n) is 27.4. The highest BCUT2D eigenvalue weighted by molar-refractivity contribution is 7.19. The molecule has 0 spiro atoms. The summed E-state index contributed by atoms with van der Waals surface area (Å²) in [5.41, 5.74) is 11.9. The minimum Gasteiger partial charge on any atom is -0.172 e. The van der Waals surface area contributed by atoms with Gasteiger partial charge in [0.15, 0.2) is 0 Å². The van der Waals surface area contributed by atoms with Gasteiger partial charge in [0, 0.05) is 31.2 Å². The van der Waals surface area contributed by atoms with Crippen LogP contribution in [-0.2, 0) is 5.41 Å². The van der Waals surface area contributed by atoms with Crippen LogP contribution in [0.2, 0.25) is 0 Å². The van der Waals surface area contributed by atoms with Gasteiger partial charge in [0.2, 0.25) is 0 Å². The van der Waals surface area contributed by atoms with Crippen LogP contribution >= 0.6 is 34.4 Å². The Morgan fingerprint density at radius 3 is 2.15 bits per heavy atom. The topological polar surface area (TPSA) is 25.8 Å². The number of rotatable bonds is 14. The predicted octanol–water partition coefficient (Wildman–Crippen LogP) is 13.7. The van der Waals surface area contributed by atoms with Gasteiger partial charge in [0.25, 0.3) is 0 Å². The molecule has 0 aliphatic heterocycles. The minimum absolute atomic E-state index is 0.0836. The van der Waals surface area contributed by atoms with Crippen LogP contribution in [0.4, 0.5) is 0 Å². The molecule has 0 fully saturated rings. The van der Waals surface area contributed by atoms with Crippen molar-refractivity contribution in [3.8, 4) is 42.4 Å². The van der Waals surface area contributed by atoms with Crippen LogP contribution < -0.4 is 0 Å². The van der Waals surface area contributed by atoms with E-state index in [1.165, 1.54) is 118 Å². The van der Waals surface area contributed by atoms with Gasteiger partial charge in [-0.25, -0.2) is 0 Å². The molecule has 2 atom stereocenters. The molecule has 0 amide bonds. The maximum Gasteiger partial charge on any atom is 0.114 e. The first-order valence-electron chi connectivity index (χ1n) is 17.3. The van der Waals surface area contributed by atoms with Crippen LogP contribution in [0.1, 0.15) is 96.1 Å². The van der Waals surface area contributed by atoms with Gasteiger partial charge in [-0.05, 0) is 76.2 Å². The number of hydrogen-bond acceptors (Lipinski definition) is 5. The van der Waals surface area contributed by atoms with Crippen molar-refractivity contribution in [2.75, 3.05) is 0 Å². The van der Waals surface area contributed by atoms with Gasteiger partial charge in [-0.2, -0.15) is 8.75 Å². The van der Waals surface area contributed by atoms with Gasteiger partial charge < -0.3 is 0 Å². The summed E-state index contributed by atoms with van der Waals surface area (Å²) in [7, 11) is 0. The molecular weight excluding hydrogens is 617 g/mol. The van der Waals surface area contributed by atoms with Gasteiger partial charge in [0.05, 0.1) is 11.7 Å². The highest BCUT2D eigenvalue weighted by atomic mass is 32.1. The summed E-state index contributed by atoms with van der Waals surface area (Å²) in [4.78, 5) is 3.82. The molecule has 1 aliphatic rings. The largest absolute Gasteiger partial charge is 0.172 e. The molecule has 3 heterocycles. The standard InChI is InChI=1S/C41H44N2S3/c1-4-7-9-12-24-41(27-28(6-3)14-8-5-2)34-16-11-10-15-30(34)31-19-18-29(26-35(31)41)36-22-23-38(45-36)33-21-20-32(37-17-13-25-44-37)39-40(33)43-46-42-39/h10-11,13,15-23,25-26,28H,4-9,12,14,24,27H2,1-3H3. The monoisotopic (exact) mass is 660 g/mol. The molecule has 0 radical (unpaired) electrons. The molecule has 3 aromatic carbocycles. The molecular formula is C41H44N2S3. The Morgan fingerprint density at radius 2 is 1.39 bits per heavy atom. The molecule has 1 aliphatic carbocycles. The van der Waals surface area contributed by atoms with Crippen molar-refractivity contribution in [3.63, 3.8) is 0 Å². The zero-order chi connectivity index (χ0) is 31.5. The Morgan fingerprint density at radius 1 is 0.652 bits per heavy atom. The van der Waals surface area contributed by atoms with E-state index in [2.05, 4.69) is 105 Å².